The summed E-state index contributed by atoms with van der Waals surface area (Å²) in [6.07, 6.45) is 1.81. The largest absolute Gasteiger partial charge is 0.473 e. The Morgan fingerprint density at radius 1 is 1.29 bits per heavy atom. The summed E-state index contributed by atoms with van der Waals surface area (Å²) in [5, 5.41) is 12.7. The first-order valence-electron chi connectivity index (χ1n) is 7.11. The SMILES string of the molecule is O=C(O)C(=O)OC1CN2CC(c3nc(C4CC4)no3)C1C2. The number of fused-ring (bicyclic) bond motifs is 2. The minimum atomic E-state index is -1.56. The molecule has 0 radical (unpaired) electrons. The maximum atomic E-state index is 11.2. The van der Waals surface area contributed by atoms with E-state index in [-0.39, 0.29) is 11.8 Å². The highest BCUT2D eigenvalue weighted by atomic mass is 16.6. The van der Waals surface area contributed by atoms with Crippen molar-refractivity contribution in [3.8, 4) is 0 Å². The van der Waals surface area contributed by atoms with Gasteiger partial charge in [-0.3, -0.25) is 4.90 Å². The minimum absolute atomic E-state index is 0.0188. The van der Waals surface area contributed by atoms with E-state index in [0.717, 1.165) is 31.8 Å². The fraction of sp³-hybridized carbons (Fsp3) is 0.692. The summed E-state index contributed by atoms with van der Waals surface area (Å²) in [5.41, 5.74) is 0. The Morgan fingerprint density at radius 2 is 2.10 bits per heavy atom. The van der Waals surface area contributed by atoms with Crippen molar-refractivity contribution in [3.05, 3.63) is 11.7 Å². The molecule has 1 aromatic rings. The van der Waals surface area contributed by atoms with Crippen LogP contribution in [0.25, 0.3) is 0 Å². The number of carboxylic acid groups (broad SMARTS) is 1. The van der Waals surface area contributed by atoms with Gasteiger partial charge in [0.1, 0.15) is 6.10 Å². The average molecular weight is 293 g/mol. The van der Waals surface area contributed by atoms with E-state index in [1.54, 1.807) is 0 Å². The minimum Gasteiger partial charge on any atom is -0.473 e. The predicted octanol–water partition coefficient (Wildman–Crippen LogP) is -0.0276. The molecule has 1 aliphatic carbocycles. The summed E-state index contributed by atoms with van der Waals surface area (Å²) in [7, 11) is 0. The standard InChI is InChI=1S/C13H15N3O5/c17-12(18)13(19)20-9-5-16-3-7(9)8(4-16)11-14-10(15-21-11)6-1-2-6/h6-9H,1-5H2,(H,17,18). The van der Waals surface area contributed by atoms with E-state index < -0.39 is 18.0 Å². The van der Waals surface area contributed by atoms with Crippen LogP contribution in [0.2, 0.25) is 0 Å². The summed E-state index contributed by atoms with van der Waals surface area (Å²) in [4.78, 5) is 28.4. The molecule has 2 bridgehead atoms. The van der Waals surface area contributed by atoms with E-state index in [1.165, 1.54) is 0 Å². The van der Waals surface area contributed by atoms with Gasteiger partial charge in [-0.05, 0) is 12.8 Å². The third-order valence-electron chi connectivity index (χ3n) is 4.51. The number of aromatic nitrogens is 2. The molecule has 3 fully saturated rings. The highest BCUT2D eigenvalue weighted by Crippen LogP contribution is 2.43. The molecule has 1 aromatic heterocycles. The van der Waals surface area contributed by atoms with Crippen molar-refractivity contribution in [2.75, 3.05) is 19.6 Å². The Bertz CT molecular complexity index is 596. The van der Waals surface area contributed by atoms with E-state index in [9.17, 15) is 9.59 Å². The molecule has 2 aliphatic heterocycles. The topological polar surface area (TPSA) is 106 Å². The lowest BCUT2D eigenvalue weighted by Crippen LogP contribution is -2.38. The lowest BCUT2D eigenvalue weighted by Gasteiger charge is -2.26. The lowest BCUT2D eigenvalue weighted by atomic mass is 9.90. The van der Waals surface area contributed by atoms with Gasteiger partial charge in [0.15, 0.2) is 5.82 Å². The first-order valence-corrected chi connectivity index (χ1v) is 7.11. The molecule has 1 N–H and O–H groups in total. The summed E-state index contributed by atoms with van der Waals surface area (Å²) < 4.78 is 10.4. The van der Waals surface area contributed by atoms with Gasteiger partial charge >= 0.3 is 11.9 Å². The number of rotatable bonds is 3. The van der Waals surface area contributed by atoms with E-state index in [4.69, 9.17) is 14.4 Å². The number of hydrogen-bond donors (Lipinski definition) is 1. The van der Waals surface area contributed by atoms with Crippen molar-refractivity contribution in [1.29, 1.82) is 0 Å². The lowest BCUT2D eigenvalue weighted by molar-refractivity contribution is -0.168. The number of aliphatic carboxylic acids is 1. The smallest absolute Gasteiger partial charge is 0.417 e. The molecule has 4 unspecified atom stereocenters. The highest BCUT2D eigenvalue weighted by molar-refractivity contribution is 6.28. The Hall–Kier alpha value is -1.96. The van der Waals surface area contributed by atoms with Gasteiger partial charge in [-0.2, -0.15) is 4.98 Å². The maximum absolute atomic E-state index is 11.2. The molecule has 2 saturated heterocycles. The monoisotopic (exact) mass is 293 g/mol. The number of hydrogen-bond acceptors (Lipinski definition) is 7. The maximum Gasteiger partial charge on any atom is 0.417 e. The van der Waals surface area contributed by atoms with Gasteiger partial charge in [0.25, 0.3) is 0 Å². The molecular formula is C13H15N3O5. The van der Waals surface area contributed by atoms with Gasteiger partial charge in [-0.1, -0.05) is 5.16 Å². The summed E-state index contributed by atoms with van der Waals surface area (Å²) in [5.74, 6) is -0.926. The third-order valence-corrected chi connectivity index (χ3v) is 4.51. The number of nitrogens with zero attached hydrogens (tertiary/aromatic N) is 3. The van der Waals surface area contributed by atoms with Crippen LogP contribution in [0.15, 0.2) is 4.52 Å². The van der Waals surface area contributed by atoms with E-state index in [1.807, 2.05) is 0 Å². The van der Waals surface area contributed by atoms with Crippen molar-refractivity contribution >= 4 is 11.9 Å². The van der Waals surface area contributed by atoms with E-state index in [0.29, 0.717) is 18.4 Å². The zero-order valence-corrected chi connectivity index (χ0v) is 11.3. The molecule has 0 amide bonds. The molecule has 8 heteroatoms. The molecule has 0 aromatic carbocycles. The molecule has 0 spiro atoms. The molecule has 1 saturated carbocycles. The van der Waals surface area contributed by atoms with Gasteiger partial charge in [-0.15, -0.1) is 0 Å². The second kappa shape index (κ2) is 4.52. The normalized spacial score (nSPS) is 34.1. The van der Waals surface area contributed by atoms with Gasteiger partial charge < -0.3 is 14.4 Å². The number of esters is 1. The first-order chi connectivity index (χ1) is 10.1. The zero-order valence-electron chi connectivity index (χ0n) is 11.3. The van der Waals surface area contributed by atoms with E-state index in [2.05, 4.69) is 15.0 Å². The summed E-state index contributed by atoms with van der Waals surface area (Å²) >= 11 is 0. The van der Waals surface area contributed by atoms with E-state index >= 15 is 0 Å². The molecule has 4 atom stereocenters. The van der Waals surface area contributed by atoms with Crippen molar-refractivity contribution < 1.29 is 24.0 Å². The van der Waals surface area contributed by atoms with Gasteiger partial charge in [0, 0.05) is 31.5 Å². The van der Waals surface area contributed by atoms with Crippen LogP contribution in [0.5, 0.6) is 0 Å². The molecule has 3 aliphatic rings. The van der Waals surface area contributed by atoms with Crippen LogP contribution >= 0.6 is 0 Å². The predicted molar refractivity (Wildman–Crippen MR) is 66.5 cm³/mol. The molecular weight excluding hydrogens is 278 g/mol. The van der Waals surface area contributed by atoms with Crippen molar-refractivity contribution in [2.24, 2.45) is 5.92 Å². The molecule has 8 nitrogen and oxygen atoms in total. The summed E-state index contributed by atoms with van der Waals surface area (Å²) in [6.45, 7) is 2.13. The number of carbonyl (C=O) groups excluding carboxylic acids is 1. The third kappa shape index (κ3) is 2.19. The van der Waals surface area contributed by atoms with Crippen LogP contribution in [0.1, 0.15) is 36.4 Å². The van der Waals surface area contributed by atoms with Crippen LogP contribution in [0.4, 0.5) is 0 Å². The molecule has 4 rings (SSSR count). The number of piperidine rings is 1. The fourth-order valence-electron chi connectivity index (χ4n) is 3.31. The number of carbonyl (C=O) groups is 2. The molecule has 3 heterocycles. The highest BCUT2D eigenvalue weighted by Gasteiger charge is 2.50. The summed E-state index contributed by atoms with van der Waals surface area (Å²) in [6, 6.07) is 0. The number of ether oxygens (including phenoxy) is 1. The second-order valence-electron chi connectivity index (χ2n) is 6.00. The average Bonchev–Trinajstić information content (AvgIpc) is 2.90. The Kier molecular flexibility index (Phi) is 2.75. The van der Waals surface area contributed by atoms with Crippen molar-refractivity contribution in [2.45, 2.75) is 30.8 Å². The van der Waals surface area contributed by atoms with Crippen LogP contribution in [-0.4, -0.2) is 57.8 Å². The van der Waals surface area contributed by atoms with Crippen molar-refractivity contribution in [1.82, 2.24) is 15.0 Å². The van der Waals surface area contributed by atoms with Gasteiger partial charge in [-0.25, -0.2) is 9.59 Å². The van der Waals surface area contributed by atoms with Gasteiger partial charge in [0.2, 0.25) is 5.89 Å². The second-order valence-corrected chi connectivity index (χ2v) is 6.00. The zero-order chi connectivity index (χ0) is 14.6. The first kappa shape index (κ1) is 12.8. The van der Waals surface area contributed by atoms with Gasteiger partial charge in [0.05, 0.1) is 5.92 Å². The number of carboxylic acids is 1. The Labute approximate surface area is 120 Å². The van der Waals surface area contributed by atoms with Crippen LogP contribution in [0.3, 0.4) is 0 Å². The quantitative estimate of drug-likeness (QED) is 0.612. The molecule has 21 heavy (non-hydrogen) atoms. The Morgan fingerprint density at radius 3 is 2.76 bits per heavy atom. The van der Waals surface area contributed by atoms with Crippen LogP contribution in [0, 0.1) is 5.92 Å². The Balaban J connectivity index is 1.49. The fourth-order valence-corrected chi connectivity index (χ4v) is 3.31. The van der Waals surface area contributed by atoms with Crippen LogP contribution < -0.4 is 0 Å². The van der Waals surface area contributed by atoms with Crippen molar-refractivity contribution in [3.63, 3.8) is 0 Å². The van der Waals surface area contributed by atoms with Crippen LogP contribution in [-0.2, 0) is 14.3 Å². The molecule has 112 valence electrons.